The lowest BCUT2D eigenvalue weighted by molar-refractivity contribution is 1.15. The van der Waals surface area contributed by atoms with Crippen LogP contribution in [0.1, 0.15) is 11.4 Å². The largest absolute Gasteiger partial charge is 0.348 e. The Morgan fingerprint density at radius 2 is 2.54 bits per heavy atom. The Morgan fingerprint density at radius 1 is 1.62 bits per heavy atom. The van der Waals surface area contributed by atoms with Crippen molar-refractivity contribution in [3.63, 3.8) is 0 Å². The highest BCUT2D eigenvalue weighted by molar-refractivity contribution is 8.00. The maximum Gasteiger partial charge on any atom is 0.150 e. The van der Waals surface area contributed by atoms with Crippen molar-refractivity contribution in [3.05, 3.63) is 29.3 Å². The lowest BCUT2D eigenvalue weighted by Gasteiger charge is -1.92. The number of thiazole rings is 1. The summed E-state index contributed by atoms with van der Waals surface area (Å²) in [5, 5.41) is 2.06. The Bertz CT molecular complexity index is 366. The standard InChI is InChI=1S/C8H9N3S2/c1-6-3-12-8(11-6)13-4-7-2-9-5-10-7/h2-3,5H,4H2,1H3,(H,9,10). The molecule has 0 unspecified atom stereocenters. The normalized spacial score (nSPS) is 10.5. The van der Waals surface area contributed by atoms with Gasteiger partial charge in [0.15, 0.2) is 0 Å². The van der Waals surface area contributed by atoms with Gasteiger partial charge in [-0.2, -0.15) is 0 Å². The van der Waals surface area contributed by atoms with Crippen molar-refractivity contribution >= 4 is 23.1 Å². The molecule has 0 aliphatic rings. The fraction of sp³-hybridized carbons (Fsp3) is 0.250. The Morgan fingerprint density at radius 3 is 3.15 bits per heavy atom. The molecule has 0 radical (unpaired) electrons. The summed E-state index contributed by atoms with van der Waals surface area (Å²) in [6.07, 6.45) is 3.54. The van der Waals surface area contributed by atoms with Crippen molar-refractivity contribution in [1.29, 1.82) is 0 Å². The van der Waals surface area contributed by atoms with Gasteiger partial charge in [-0.25, -0.2) is 9.97 Å². The van der Waals surface area contributed by atoms with Gasteiger partial charge in [0.2, 0.25) is 0 Å². The molecule has 0 atom stereocenters. The average molecular weight is 211 g/mol. The number of rotatable bonds is 3. The average Bonchev–Trinajstić information content (AvgIpc) is 2.71. The van der Waals surface area contributed by atoms with Crippen LogP contribution in [0.25, 0.3) is 0 Å². The molecule has 1 N–H and O–H groups in total. The molecule has 0 aliphatic carbocycles. The topological polar surface area (TPSA) is 41.6 Å². The van der Waals surface area contributed by atoms with Gasteiger partial charge in [0, 0.05) is 28.7 Å². The highest BCUT2D eigenvalue weighted by Gasteiger charge is 2.00. The number of aryl methyl sites for hydroxylation is 1. The molecule has 2 heterocycles. The molecule has 0 bridgehead atoms. The minimum atomic E-state index is 0.910. The number of hydrogen-bond donors (Lipinski definition) is 1. The SMILES string of the molecule is Cc1csc(SCc2cnc[nH]2)n1. The van der Waals surface area contributed by atoms with E-state index in [2.05, 4.69) is 20.3 Å². The zero-order chi connectivity index (χ0) is 9.10. The third kappa shape index (κ3) is 2.32. The van der Waals surface area contributed by atoms with Crippen LogP contribution in [0.15, 0.2) is 22.2 Å². The van der Waals surface area contributed by atoms with Crippen LogP contribution in [-0.2, 0) is 5.75 Å². The van der Waals surface area contributed by atoms with Crippen molar-refractivity contribution in [2.75, 3.05) is 0 Å². The number of thioether (sulfide) groups is 1. The molecular weight excluding hydrogens is 202 g/mol. The summed E-state index contributed by atoms with van der Waals surface area (Å²) in [5.74, 6) is 0.910. The van der Waals surface area contributed by atoms with E-state index in [1.807, 2.05) is 13.1 Å². The van der Waals surface area contributed by atoms with Gasteiger partial charge in [-0.05, 0) is 6.92 Å². The predicted molar refractivity (Wildman–Crippen MR) is 55.0 cm³/mol. The first-order chi connectivity index (χ1) is 6.34. The first-order valence-electron chi connectivity index (χ1n) is 3.87. The second kappa shape index (κ2) is 3.93. The molecule has 3 nitrogen and oxygen atoms in total. The van der Waals surface area contributed by atoms with Gasteiger partial charge < -0.3 is 4.98 Å². The summed E-state index contributed by atoms with van der Waals surface area (Å²) in [6, 6.07) is 0. The van der Waals surface area contributed by atoms with E-state index in [4.69, 9.17) is 0 Å². The Kier molecular flexibility index (Phi) is 2.65. The number of H-pyrrole nitrogens is 1. The number of hydrogen-bond acceptors (Lipinski definition) is 4. The molecule has 0 aliphatic heterocycles. The number of nitrogens with one attached hydrogen (secondary N) is 1. The van der Waals surface area contributed by atoms with Gasteiger partial charge in [0.1, 0.15) is 4.34 Å². The number of aromatic amines is 1. The van der Waals surface area contributed by atoms with Gasteiger partial charge in [0.05, 0.1) is 6.33 Å². The van der Waals surface area contributed by atoms with Crippen molar-refractivity contribution in [3.8, 4) is 0 Å². The van der Waals surface area contributed by atoms with Crippen molar-refractivity contribution in [1.82, 2.24) is 15.0 Å². The van der Waals surface area contributed by atoms with E-state index in [0.717, 1.165) is 21.5 Å². The molecule has 0 saturated carbocycles. The van der Waals surface area contributed by atoms with Crippen molar-refractivity contribution < 1.29 is 0 Å². The molecule has 0 saturated heterocycles. The Balaban J connectivity index is 1.93. The molecule has 0 aromatic carbocycles. The molecule has 2 rings (SSSR count). The van der Waals surface area contributed by atoms with E-state index in [9.17, 15) is 0 Å². The van der Waals surface area contributed by atoms with Crippen LogP contribution < -0.4 is 0 Å². The van der Waals surface area contributed by atoms with Crippen LogP contribution in [0, 0.1) is 6.92 Å². The van der Waals surface area contributed by atoms with Crippen molar-refractivity contribution in [2.24, 2.45) is 0 Å². The predicted octanol–water partition coefficient (Wildman–Crippen LogP) is 2.47. The van der Waals surface area contributed by atoms with E-state index >= 15 is 0 Å². The summed E-state index contributed by atoms with van der Waals surface area (Å²) in [4.78, 5) is 11.4. The first-order valence-corrected chi connectivity index (χ1v) is 5.73. The maximum atomic E-state index is 4.36. The summed E-state index contributed by atoms with van der Waals surface area (Å²) >= 11 is 3.42. The second-order valence-corrected chi connectivity index (χ2v) is 4.70. The molecule has 68 valence electrons. The van der Waals surface area contributed by atoms with Gasteiger partial charge in [-0.1, -0.05) is 11.8 Å². The summed E-state index contributed by atoms with van der Waals surface area (Å²) in [5.41, 5.74) is 2.23. The lowest BCUT2D eigenvalue weighted by atomic mass is 10.6. The highest BCUT2D eigenvalue weighted by atomic mass is 32.2. The van der Waals surface area contributed by atoms with E-state index in [1.165, 1.54) is 0 Å². The summed E-state index contributed by atoms with van der Waals surface area (Å²) in [6.45, 7) is 2.01. The summed E-state index contributed by atoms with van der Waals surface area (Å²) < 4.78 is 1.12. The summed E-state index contributed by atoms with van der Waals surface area (Å²) in [7, 11) is 0. The van der Waals surface area contributed by atoms with Crippen LogP contribution in [0.2, 0.25) is 0 Å². The number of aromatic nitrogens is 3. The van der Waals surface area contributed by atoms with E-state index in [-0.39, 0.29) is 0 Å². The van der Waals surface area contributed by atoms with Crippen molar-refractivity contribution in [2.45, 2.75) is 17.0 Å². The van der Waals surface area contributed by atoms with E-state index in [0.29, 0.717) is 0 Å². The van der Waals surface area contributed by atoms with Gasteiger partial charge in [0.25, 0.3) is 0 Å². The minimum Gasteiger partial charge on any atom is -0.348 e. The van der Waals surface area contributed by atoms with Crippen LogP contribution in [0.3, 0.4) is 0 Å². The highest BCUT2D eigenvalue weighted by Crippen LogP contribution is 2.24. The lowest BCUT2D eigenvalue weighted by Crippen LogP contribution is -1.78. The molecule has 0 fully saturated rings. The van der Waals surface area contributed by atoms with E-state index in [1.54, 1.807) is 29.4 Å². The first kappa shape index (κ1) is 8.77. The van der Waals surface area contributed by atoms with E-state index < -0.39 is 0 Å². The van der Waals surface area contributed by atoms with Crippen LogP contribution in [0.4, 0.5) is 0 Å². The van der Waals surface area contributed by atoms with Crippen LogP contribution in [0.5, 0.6) is 0 Å². The minimum absolute atomic E-state index is 0.910. The third-order valence-electron chi connectivity index (χ3n) is 1.50. The number of imidazole rings is 1. The fourth-order valence-corrected chi connectivity index (χ4v) is 2.66. The molecule has 5 heteroatoms. The molecule has 13 heavy (non-hydrogen) atoms. The quantitative estimate of drug-likeness (QED) is 0.793. The van der Waals surface area contributed by atoms with Gasteiger partial charge in [-0.3, -0.25) is 0 Å². The van der Waals surface area contributed by atoms with Crippen LogP contribution >= 0.6 is 23.1 Å². The van der Waals surface area contributed by atoms with Gasteiger partial charge in [-0.15, -0.1) is 11.3 Å². The third-order valence-corrected chi connectivity index (χ3v) is 3.69. The molecular formula is C8H9N3S2. The monoisotopic (exact) mass is 211 g/mol. The van der Waals surface area contributed by atoms with Crippen LogP contribution in [-0.4, -0.2) is 15.0 Å². The fourth-order valence-electron chi connectivity index (χ4n) is 0.902. The maximum absolute atomic E-state index is 4.36. The molecule has 2 aromatic rings. The smallest absolute Gasteiger partial charge is 0.150 e. The second-order valence-electron chi connectivity index (χ2n) is 2.62. The molecule has 0 amide bonds. The Labute approximate surface area is 84.6 Å². The zero-order valence-electron chi connectivity index (χ0n) is 7.15. The zero-order valence-corrected chi connectivity index (χ0v) is 8.78. The Hall–Kier alpha value is -0.810. The number of nitrogens with zero attached hydrogens (tertiary/aromatic N) is 2. The van der Waals surface area contributed by atoms with Gasteiger partial charge >= 0.3 is 0 Å². The molecule has 2 aromatic heterocycles. The molecule has 0 spiro atoms.